The van der Waals surface area contributed by atoms with E-state index in [1.807, 2.05) is 24.3 Å². The van der Waals surface area contributed by atoms with Gasteiger partial charge in [0.25, 0.3) is 0 Å². The van der Waals surface area contributed by atoms with Gasteiger partial charge in [0.1, 0.15) is 0 Å². The Morgan fingerprint density at radius 2 is 2.06 bits per heavy atom. The second kappa shape index (κ2) is 6.21. The summed E-state index contributed by atoms with van der Waals surface area (Å²) < 4.78 is 0. The molecule has 4 heteroatoms. The lowest BCUT2D eigenvalue weighted by Gasteiger charge is -2.10. The van der Waals surface area contributed by atoms with E-state index in [1.54, 1.807) is 6.20 Å². The number of nitrogens with two attached hydrogens (primary N) is 1. The fourth-order valence-electron chi connectivity index (χ4n) is 1.97. The average molecular weight is 245 g/mol. The summed E-state index contributed by atoms with van der Waals surface area (Å²) in [6.07, 6.45) is 4.71. The molecule has 4 N–H and O–H groups in total. The number of nitrogen functional groups attached to an aromatic ring is 1. The molecule has 1 aromatic heterocycles. The average Bonchev–Trinajstić information content (AvgIpc) is 2.41. The van der Waals surface area contributed by atoms with Crippen molar-refractivity contribution in [2.75, 3.05) is 24.2 Å². The lowest BCUT2D eigenvalue weighted by Crippen LogP contribution is -2.03. The second-order valence-electron chi connectivity index (χ2n) is 4.31. The van der Waals surface area contributed by atoms with Gasteiger partial charge in [-0.25, -0.2) is 0 Å². The molecule has 0 aliphatic heterocycles. The highest BCUT2D eigenvalue weighted by molar-refractivity contribution is 5.98. The van der Waals surface area contributed by atoms with Crippen LogP contribution >= 0.6 is 0 Å². The summed E-state index contributed by atoms with van der Waals surface area (Å²) in [4.78, 5) is 4.37. The predicted molar refractivity (Wildman–Crippen MR) is 75.6 cm³/mol. The zero-order valence-electron chi connectivity index (χ0n) is 10.4. The zero-order chi connectivity index (χ0) is 12.8. The van der Waals surface area contributed by atoms with Crippen LogP contribution in [-0.2, 0) is 0 Å². The first kappa shape index (κ1) is 12.6. The summed E-state index contributed by atoms with van der Waals surface area (Å²) in [5.41, 5.74) is 8.61. The largest absolute Gasteiger partial charge is 0.398 e. The number of benzene rings is 1. The minimum atomic E-state index is 0.270. The van der Waals surface area contributed by atoms with E-state index in [0.29, 0.717) is 0 Å². The molecule has 0 fully saturated rings. The van der Waals surface area contributed by atoms with Crippen molar-refractivity contribution in [2.24, 2.45) is 0 Å². The van der Waals surface area contributed by atoms with Crippen LogP contribution in [0.2, 0.25) is 0 Å². The van der Waals surface area contributed by atoms with E-state index >= 15 is 0 Å². The van der Waals surface area contributed by atoms with E-state index in [4.69, 9.17) is 10.8 Å². The first-order valence-electron chi connectivity index (χ1n) is 6.31. The molecule has 1 heterocycles. The number of hydrogen-bond donors (Lipinski definition) is 3. The highest BCUT2D eigenvalue weighted by Gasteiger charge is 2.03. The SMILES string of the molecule is Nc1ccc(NCCCCCO)c2ncccc12. The van der Waals surface area contributed by atoms with Crippen LogP contribution in [0.15, 0.2) is 30.5 Å². The van der Waals surface area contributed by atoms with Crippen molar-refractivity contribution in [3.63, 3.8) is 0 Å². The maximum atomic E-state index is 8.71. The molecule has 0 amide bonds. The third-order valence-electron chi connectivity index (χ3n) is 2.95. The maximum Gasteiger partial charge on any atom is 0.0953 e. The molecule has 0 saturated heterocycles. The van der Waals surface area contributed by atoms with Gasteiger partial charge in [-0.3, -0.25) is 4.98 Å². The molecule has 0 aliphatic carbocycles. The summed E-state index contributed by atoms with van der Waals surface area (Å²) in [5, 5.41) is 13.1. The number of rotatable bonds is 6. The van der Waals surface area contributed by atoms with Gasteiger partial charge in [0, 0.05) is 30.4 Å². The molecule has 0 bridgehead atoms. The van der Waals surface area contributed by atoms with Crippen molar-refractivity contribution in [1.82, 2.24) is 4.98 Å². The van der Waals surface area contributed by atoms with Crippen LogP contribution in [0, 0.1) is 0 Å². The van der Waals surface area contributed by atoms with Crippen LogP contribution in [0.1, 0.15) is 19.3 Å². The number of hydrogen-bond acceptors (Lipinski definition) is 4. The van der Waals surface area contributed by atoms with Gasteiger partial charge in [-0.1, -0.05) is 0 Å². The molecule has 1 aromatic carbocycles. The molecule has 0 unspecified atom stereocenters. The van der Waals surface area contributed by atoms with Gasteiger partial charge in [-0.15, -0.1) is 0 Å². The molecule has 0 spiro atoms. The molecule has 2 aromatic rings. The zero-order valence-corrected chi connectivity index (χ0v) is 10.4. The molecule has 0 radical (unpaired) electrons. The minimum Gasteiger partial charge on any atom is -0.398 e. The number of nitrogens with one attached hydrogen (secondary N) is 1. The van der Waals surface area contributed by atoms with Crippen LogP contribution in [0.3, 0.4) is 0 Å². The number of pyridine rings is 1. The van der Waals surface area contributed by atoms with Crippen LogP contribution in [0.5, 0.6) is 0 Å². The lowest BCUT2D eigenvalue weighted by molar-refractivity contribution is 0.283. The molecule has 96 valence electrons. The molecule has 18 heavy (non-hydrogen) atoms. The van der Waals surface area contributed by atoms with Gasteiger partial charge in [-0.2, -0.15) is 0 Å². The molecular weight excluding hydrogens is 226 g/mol. The fraction of sp³-hybridized carbons (Fsp3) is 0.357. The van der Waals surface area contributed by atoms with Crippen molar-refractivity contribution < 1.29 is 5.11 Å². The Morgan fingerprint density at radius 1 is 1.17 bits per heavy atom. The Balaban J connectivity index is 2.07. The van der Waals surface area contributed by atoms with Crippen LogP contribution in [0.25, 0.3) is 10.9 Å². The quantitative estimate of drug-likeness (QED) is 0.540. The summed E-state index contributed by atoms with van der Waals surface area (Å²) in [5.74, 6) is 0. The third-order valence-corrected chi connectivity index (χ3v) is 2.95. The molecule has 0 aliphatic rings. The molecule has 0 atom stereocenters. The first-order valence-corrected chi connectivity index (χ1v) is 6.31. The van der Waals surface area contributed by atoms with Gasteiger partial charge in [-0.05, 0) is 43.5 Å². The summed E-state index contributed by atoms with van der Waals surface area (Å²) in [6.45, 7) is 1.15. The summed E-state index contributed by atoms with van der Waals surface area (Å²) in [7, 11) is 0. The van der Waals surface area contributed by atoms with E-state index < -0.39 is 0 Å². The van der Waals surface area contributed by atoms with Gasteiger partial charge < -0.3 is 16.2 Å². The number of nitrogens with zero attached hydrogens (tertiary/aromatic N) is 1. The number of aliphatic hydroxyl groups is 1. The Labute approximate surface area is 107 Å². The molecular formula is C14H19N3O. The van der Waals surface area contributed by atoms with Gasteiger partial charge in [0.2, 0.25) is 0 Å². The maximum absolute atomic E-state index is 8.71. The smallest absolute Gasteiger partial charge is 0.0953 e. The minimum absolute atomic E-state index is 0.270. The highest BCUT2D eigenvalue weighted by atomic mass is 16.2. The standard InChI is InChI=1S/C14H19N3O/c15-12-6-7-13(16-8-2-1-3-10-18)14-11(12)5-4-9-17-14/h4-7,9,16,18H,1-3,8,10,15H2. The monoisotopic (exact) mass is 245 g/mol. The topological polar surface area (TPSA) is 71.2 Å². The van der Waals surface area contributed by atoms with E-state index in [9.17, 15) is 0 Å². The van der Waals surface area contributed by atoms with Crippen molar-refractivity contribution in [1.29, 1.82) is 0 Å². The number of aliphatic hydroxyl groups excluding tert-OH is 1. The van der Waals surface area contributed by atoms with Gasteiger partial charge >= 0.3 is 0 Å². The third kappa shape index (κ3) is 2.90. The first-order chi connectivity index (χ1) is 8.83. The lowest BCUT2D eigenvalue weighted by atomic mass is 10.1. The Bertz CT molecular complexity index is 513. The van der Waals surface area contributed by atoms with Crippen LogP contribution < -0.4 is 11.1 Å². The normalized spacial score (nSPS) is 10.7. The van der Waals surface area contributed by atoms with Gasteiger partial charge in [0.05, 0.1) is 11.2 Å². The molecule has 2 rings (SSSR count). The second-order valence-corrected chi connectivity index (χ2v) is 4.31. The van der Waals surface area contributed by atoms with Crippen molar-refractivity contribution in [2.45, 2.75) is 19.3 Å². The van der Waals surface area contributed by atoms with E-state index in [1.165, 1.54) is 0 Å². The van der Waals surface area contributed by atoms with E-state index in [-0.39, 0.29) is 6.61 Å². The highest BCUT2D eigenvalue weighted by Crippen LogP contribution is 2.26. The van der Waals surface area contributed by atoms with Crippen molar-refractivity contribution >= 4 is 22.3 Å². The predicted octanol–water partition coefficient (Wildman–Crippen LogP) is 2.39. The number of aromatic nitrogens is 1. The molecule has 0 saturated carbocycles. The van der Waals surface area contributed by atoms with Gasteiger partial charge in [0.15, 0.2) is 0 Å². The van der Waals surface area contributed by atoms with Crippen LogP contribution in [0.4, 0.5) is 11.4 Å². The van der Waals surface area contributed by atoms with Crippen molar-refractivity contribution in [3.05, 3.63) is 30.5 Å². The Kier molecular flexibility index (Phi) is 4.36. The fourth-order valence-corrected chi connectivity index (χ4v) is 1.97. The summed E-state index contributed by atoms with van der Waals surface area (Å²) >= 11 is 0. The number of anilines is 2. The summed E-state index contributed by atoms with van der Waals surface area (Å²) in [6, 6.07) is 7.75. The number of unbranched alkanes of at least 4 members (excludes halogenated alkanes) is 2. The van der Waals surface area contributed by atoms with Crippen molar-refractivity contribution in [3.8, 4) is 0 Å². The Hall–Kier alpha value is -1.81. The molecule has 4 nitrogen and oxygen atoms in total. The number of fused-ring (bicyclic) bond motifs is 1. The van der Waals surface area contributed by atoms with E-state index in [2.05, 4.69) is 10.3 Å². The Morgan fingerprint density at radius 3 is 2.89 bits per heavy atom. The van der Waals surface area contributed by atoms with Crippen LogP contribution in [-0.4, -0.2) is 23.2 Å². The van der Waals surface area contributed by atoms with E-state index in [0.717, 1.165) is 48.1 Å².